The SMILES string of the molecule is Cc1ccc2c(c1)NC(=O)c1cc(NS(=O)(=O)Cc3cccc(F)c3)ccc1O2. The van der Waals surface area contributed by atoms with E-state index in [0.717, 1.165) is 11.6 Å². The Balaban J connectivity index is 1.59. The van der Waals surface area contributed by atoms with E-state index in [2.05, 4.69) is 10.0 Å². The number of carbonyl (C=O) groups excluding carboxylic acids is 1. The molecule has 0 unspecified atom stereocenters. The molecule has 0 aliphatic carbocycles. The monoisotopic (exact) mass is 412 g/mol. The van der Waals surface area contributed by atoms with Gasteiger partial charge < -0.3 is 10.1 Å². The number of anilines is 2. The fourth-order valence-electron chi connectivity index (χ4n) is 3.06. The smallest absolute Gasteiger partial charge is 0.259 e. The second-order valence-electron chi connectivity index (χ2n) is 6.76. The molecule has 1 heterocycles. The number of ether oxygens (including phenoxy) is 1. The van der Waals surface area contributed by atoms with Gasteiger partial charge in [0.2, 0.25) is 10.0 Å². The zero-order valence-electron chi connectivity index (χ0n) is 15.4. The van der Waals surface area contributed by atoms with Gasteiger partial charge in [-0.2, -0.15) is 0 Å². The minimum Gasteiger partial charge on any atom is -0.454 e. The third kappa shape index (κ3) is 4.22. The highest BCUT2D eigenvalue weighted by Crippen LogP contribution is 2.37. The molecule has 1 aliphatic rings. The molecule has 148 valence electrons. The Morgan fingerprint density at radius 3 is 2.62 bits per heavy atom. The molecule has 0 bridgehead atoms. The van der Waals surface area contributed by atoms with Crippen molar-refractivity contribution in [1.82, 2.24) is 0 Å². The summed E-state index contributed by atoms with van der Waals surface area (Å²) in [4.78, 5) is 12.6. The molecule has 2 N–H and O–H groups in total. The first kappa shape index (κ1) is 18.9. The number of rotatable bonds is 4. The summed E-state index contributed by atoms with van der Waals surface area (Å²) in [5, 5.41) is 2.77. The zero-order chi connectivity index (χ0) is 20.6. The van der Waals surface area contributed by atoms with E-state index in [1.54, 1.807) is 12.1 Å². The number of hydrogen-bond donors (Lipinski definition) is 2. The van der Waals surface area contributed by atoms with E-state index in [0.29, 0.717) is 22.7 Å². The summed E-state index contributed by atoms with van der Waals surface area (Å²) in [5.74, 6) is -0.489. The highest BCUT2D eigenvalue weighted by molar-refractivity contribution is 7.91. The van der Waals surface area contributed by atoms with Gasteiger partial charge in [-0.15, -0.1) is 0 Å². The first-order chi connectivity index (χ1) is 13.8. The number of fused-ring (bicyclic) bond motifs is 2. The van der Waals surface area contributed by atoms with E-state index >= 15 is 0 Å². The Kier molecular flexibility index (Phi) is 4.71. The van der Waals surface area contributed by atoms with Gasteiger partial charge in [0, 0.05) is 5.69 Å². The number of sulfonamides is 1. The Labute approximate surface area is 167 Å². The maximum Gasteiger partial charge on any atom is 0.259 e. The molecule has 0 fully saturated rings. The number of amides is 1. The molecule has 1 amide bonds. The lowest BCUT2D eigenvalue weighted by Gasteiger charge is -2.11. The molecule has 0 atom stereocenters. The summed E-state index contributed by atoms with van der Waals surface area (Å²) in [7, 11) is -3.81. The van der Waals surface area contributed by atoms with Crippen molar-refractivity contribution in [3.8, 4) is 11.5 Å². The molecular weight excluding hydrogens is 395 g/mol. The molecule has 0 saturated heterocycles. The van der Waals surface area contributed by atoms with Crippen LogP contribution >= 0.6 is 0 Å². The van der Waals surface area contributed by atoms with Crippen LogP contribution in [-0.4, -0.2) is 14.3 Å². The normalized spacial score (nSPS) is 12.8. The van der Waals surface area contributed by atoms with Gasteiger partial charge in [-0.25, -0.2) is 12.8 Å². The summed E-state index contributed by atoms with van der Waals surface area (Å²) < 4.78 is 46.4. The minimum absolute atomic E-state index is 0.199. The van der Waals surface area contributed by atoms with E-state index in [-0.39, 0.29) is 11.3 Å². The van der Waals surface area contributed by atoms with Crippen LogP contribution in [0.2, 0.25) is 0 Å². The number of halogens is 1. The van der Waals surface area contributed by atoms with Gasteiger partial charge in [-0.05, 0) is 60.5 Å². The van der Waals surface area contributed by atoms with E-state index in [1.807, 2.05) is 13.0 Å². The number of benzene rings is 3. The van der Waals surface area contributed by atoms with E-state index in [4.69, 9.17) is 4.74 Å². The number of hydrogen-bond acceptors (Lipinski definition) is 4. The summed E-state index contributed by atoms with van der Waals surface area (Å²) >= 11 is 0. The number of nitrogens with one attached hydrogen (secondary N) is 2. The summed E-state index contributed by atoms with van der Waals surface area (Å²) in [6.07, 6.45) is 0. The van der Waals surface area contributed by atoms with Crippen LogP contribution in [0, 0.1) is 12.7 Å². The second kappa shape index (κ2) is 7.21. The van der Waals surface area contributed by atoms with E-state index in [1.165, 1.54) is 36.4 Å². The van der Waals surface area contributed by atoms with Gasteiger partial charge in [0.1, 0.15) is 11.6 Å². The Bertz CT molecular complexity index is 1230. The quantitative estimate of drug-likeness (QED) is 0.664. The van der Waals surface area contributed by atoms with E-state index in [9.17, 15) is 17.6 Å². The van der Waals surface area contributed by atoms with E-state index < -0.39 is 27.5 Å². The van der Waals surface area contributed by atoms with Crippen LogP contribution in [0.1, 0.15) is 21.5 Å². The van der Waals surface area contributed by atoms with Crippen LogP contribution in [0.5, 0.6) is 11.5 Å². The molecule has 3 aromatic carbocycles. The average molecular weight is 412 g/mol. The summed E-state index contributed by atoms with van der Waals surface area (Å²) in [6, 6.07) is 15.3. The maximum atomic E-state index is 13.3. The number of carbonyl (C=O) groups is 1. The van der Waals surface area contributed by atoms with Crippen molar-refractivity contribution in [3.05, 3.63) is 83.2 Å². The van der Waals surface area contributed by atoms with Crippen LogP contribution in [0.25, 0.3) is 0 Å². The lowest BCUT2D eigenvalue weighted by atomic mass is 10.1. The zero-order valence-corrected chi connectivity index (χ0v) is 16.2. The lowest BCUT2D eigenvalue weighted by Crippen LogP contribution is -2.16. The Morgan fingerprint density at radius 2 is 1.83 bits per heavy atom. The Morgan fingerprint density at radius 1 is 1.03 bits per heavy atom. The minimum atomic E-state index is -3.81. The van der Waals surface area contributed by atoms with Crippen molar-refractivity contribution >= 4 is 27.3 Å². The fraction of sp³-hybridized carbons (Fsp3) is 0.0952. The second-order valence-corrected chi connectivity index (χ2v) is 8.48. The molecule has 4 rings (SSSR count). The standard InChI is InChI=1S/C21H17FN2O4S/c1-13-5-7-20-18(9-13)23-21(25)17-11-16(6-8-19(17)28-20)24-29(26,27)12-14-3-2-4-15(22)10-14/h2-11,24H,12H2,1H3,(H,23,25). The molecule has 0 spiro atoms. The molecule has 6 nitrogen and oxygen atoms in total. The molecule has 0 saturated carbocycles. The van der Waals surface area contributed by atoms with Crippen molar-refractivity contribution in [3.63, 3.8) is 0 Å². The molecule has 8 heteroatoms. The van der Waals surface area contributed by atoms with Crippen molar-refractivity contribution in [2.24, 2.45) is 0 Å². The molecule has 1 aliphatic heterocycles. The first-order valence-corrected chi connectivity index (χ1v) is 10.4. The van der Waals surface area contributed by atoms with Gasteiger partial charge in [0.15, 0.2) is 5.75 Å². The largest absolute Gasteiger partial charge is 0.454 e. The van der Waals surface area contributed by atoms with Crippen LogP contribution in [0.3, 0.4) is 0 Å². The van der Waals surface area contributed by atoms with Crippen molar-refractivity contribution in [2.75, 3.05) is 10.0 Å². The molecule has 29 heavy (non-hydrogen) atoms. The van der Waals surface area contributed by atoms with Gasteiger partial charge in [-0.3, -0.25) is 9.52 Å². The predicted octanol–water partition coefficient (Wildman–Crippen LogP) is 4.43. The third-order valence-corrected chi connectivity index (χ3v) is 5.61. The fourth-order valence-corrected chi connectivity index (χ4v) is 4.24. The molecular formula is C21H17FN2O4S. The van der Waals surface area contributed by atoms with Crippen LogP contribution in [0.4, 0.5) is 15.8 Å². The topological polar surface area (TPSA) is 84.5 Å². The average Bonchev–Trinajstić information content (AvgIpc) is 2.77. The van der Waals surface area contributed by atoms with Crippen molar-refractivity contribution in [1.29, 1.82) is 0 Å². The predicted molar refractivity (Wildman–Crippen MR) is 108 cm³/mol. The van der Waals surface area contributed by atoms with Gasteiger partial charge in [0.05, 0.1) is 17.0 Å². The summed E-state index contributed by atoms with van der Waals surface area (Å²) in [5.41, 5.74) is 2.23. The highest BCUT2D eigenvalue weighted by atomic mass is 32.2. The third-order valence-electron chi connectivity index (χ3n) is 4.35. The van der Waals surface area contributed by atoms with Gasteiger partial charge in [-0.1, -0.05) is 18.2 Å². The van der Waals surface area contributed by atoms with Crippen LogP contribution < -0.4 is 14.8 Å². The maximum absolute atomic E-state index is 13.3. The molecule has 3 aromatic rings. The lowest BCUT2D eigenvalue weighted by molar-refractivity contribution is 0.102. The van der Waals surface area contributed by atoms with Gasteiger partial charge in [0.25, 0.3) is 5.91 Å². The first-order valence-electron chi connectivity index (χ1n) is 8.78. The van der Waals surface area contributed by atoms with Crippen molar-refractivity contribution in [2.45, 2.75) is 12.7 Å². The van der Waals surface area contributed by atoms with Crippen LogP contribution in [-0.2, 0) is 15.8 Å². The van der Waals surface area contributed by atoms with Crippen molar-refractivity contribution < 1.29 is 22.3 Å². The summed E-state index contributed by atoms with van der Waals surface area (Å²) in [6.45, 7) is 1.90. The molecule has 0 radical (unpaired) electrons. The number of aryl methyl sites for hydroxylation is 1. The molecule has 0 aromatic heterocycles. The van der Waals surface area contributed by atoms with Gasteiger partial charge >= 0.3 is 0 Å². The van der Waals surface area contributed by atoms with Crippen LogP contribution in [0.15, 0.2) is 60.7 Å². The Hall–Kier alpha value is -3.39. The highest BCUT2D eigenvalue weighted by Gasteiger charge is 2.22.